The number of nitrogens with one attached hydrogen (secondary N) is 1. The molecule has 0 heterocycles. The van der Waals surface area contributed by atoms with E-state index < -0.39 is 0 Å². The molecule has 0 unspecified atom stereocenters. The molecule has 0 spiro atoms. The van der Waals surface area contributed by atoms with E-state index in [1.54, 1.807) is 7.11 Å². The van der Waals surface area contributed by atoms with Gasteiger partial charge in [-0.3, -0.25) is 0 Å². The van der Waals surface area contributed by atoms with Crippen molar-refractivity contribution in [2.45, 2.75) is 19.7 Å². The van der Waals surface area contributed by atoms with Crippen molar-refractivity contribution < 1.29 is 9.47 Å². The van der Waals surface area contributed by atoms with Crippen LogP contribution in [-0.4, -0.2) is 7.11 Å². The molecule has 0 fully saturated rings. The zero-order valence-electron chi connectivity index (χ0n) is 14.7. The average Bonchev–Trinajstić information content (AvgIpc) is 2.68. The molecule has 0 bridgehead atoms. The Hall–Kier alpha value is -2.49. The van der Waals surface area contributed by atoms with Gasteiger partial charge in [-0.25, -0.2) is 0 Å². The first-order valence-electron chi connectivity index (χ1n) is 8.54. The smallest absolute Gasteiger partial charge is 0.161 e. The van der Waals surface area contributed by atoms with Crippen molar-refractivity contribution >= 4 is 11.6 Å². The highest BCUT2D eigenvalue weighted by Crippen LogP contribution is 2.29. The predicted molar refractivity (Wildman–Crippen MR) is 106 cm³/mol. The lowest BCUT2D eigenvalue weighted by atomic mass is 10.2. The van der Waals surface area contributed by atoms with Gasteiger partial charge in [0.1, 0.15) is 6.61 Å². The van der Waals surface area contributed by atoms with Crippen molar-refractivity contribution in [3.63, 3.8) is 0 Å². The zero-order chi connectivity index (χ0) is 18.2. The van der Waals surface area contributed by atoms with Gasteiger partial charge in [-0.2, -0.15) is 0 Å². The number of rotatable bonds is 8. The summed E-state index contributed by atoms with van der Waals surface area (Å²) in [5, 5.41) is 4.14. The molecule has 0 saturated carbocycles. The zero-order valence-corrected chi connectivity index (χ0v) is 15.5. The fraction of sp³-hybridized carbons (Fsp3) is 0.182. The van der Waals surface area contributed by atoms with Crippen molar-refractivity contribution in [1.82, 2.24) is 5.32 Å². The van der Waals surface area contributed by atoms with Crippen molar-refractivity contribution in [2.75, 3.05) is 7.11 Å². The van der Waals surface area contributed by atoms with E-state index in [2.05, 4.69) is 17.4 Å². The third-order valence-corrected chi connectivity index (χ3v) is 4.44. The highest BCUT2D eigenvalue weighted by atomic mass is 35.5. The van der Waals surface area contributed by atoms with Gasteiger partial charge in [0.25, 0.3) is 0 Å². The van der Waals surface area contributed by atoms with Gasteiger partial charge in [-0.05, 0) is 29.3 Å². The Morgan fingerprint density at radius 2 is 1.54 bits per heavy atom. The molecule has 1 N–H and O–H groups in total. The van der Waals surface area contributed by atoms with E-state index in [9.17, 15) is 0 Å². The Balaban J connectivity index is 1.59. The number of methoxy groups -OCH3 is 1. The second-order valence-electron chi connectivity index (χ2n) is 5.95. The van der Waals surface area contributed by atoms with E-state index in [-0.39, 0.29) is 0 Å². The molecule has 0 atom stereocenters. The summed E-state index contributed by atoms with van der Waals surface area (Å²) in [4.78, 5) is 0. The van der Waals surface area contributed by atoms with Gasteiger partial charge in [0, 0.05) is 23.7 Å². The monoisotopic (exact) mass is 367 g/mol. The molecule has 0 aromatic heterocycles. The van der Waals surface area contributed by atoms with Crippen molar-refractivity contribution in [2.24, 2.45) is 0 Å². The molecule has 26 heavy (non-hydrogen) atoms. The second kappa shape index (κ2) is 9.27. The van der Waals surface area contributed by atoms with Gasteiger partial charge in [0.15, 0.2) is 11.5 Å². The minimum atomic E-state index is 0.404. The molecule has 4 heteroatoms. The first kappa shape index (κ1) is 18.3. The molecule has 3 aromatic rings. The fourth-order valence-corrected chi connectivity index (χ4v) is 2.85. The summed E-state index contributed by atoms with van der Waals surface area (Å²) in [5.74, 6) is 1.43. The Bertz CT molecular complexity index is 837. The Kier molecular flexibility index (Phi) is 6.53. The number of halogens is 1. The van der Waals surface area contributed by atoms with Crippen molar-refractivity contribution in [1.29, 1.82) is 0 Å². The summed E-state index contributed by atoms with van der Waals surface area (Å²) in [6.07, 6.45) is 0. The molecular weight excluding hydrogens is 346 g/mol. The molecule has 3 nitrogen and oxygen atoms in total. The standard InChI is InChI=1S/C22H22ClNO2/c1-25-22-13-18(15-24-14-17-7-3-2-4-8-17)11-12-21(22)26-16-19-9-5-6-10-20(19)23/h2-13,24H,14-16H2,1H3. The van der Waals surface area contributed by atoms with Crippen LogP contribution in [0.2, 0.25) is 5.02 Å². The van der Waals surface area contributed by atoms with Crippen LogP contribution in [0.15, 0.2) is 72.8 Å². The summed E-state index contributed by atoms with van der Waals surface area (Å²) in [6.45, 7) is 1.99. The van der Waals surface area contributed by atoms with Crippen LogP contribution in [0.1, 0.15) is 16.7 Å². The first-order chi connectivity index (χ1) is 12.8. The third kappa shape index (κ3) is 5.01. The van der Waals surface area contributed by atoms with Crippen LogP contribution >= 0.6 is 11.6 Å². The molecular formula is C22H22ClNO2. The summed E-state index contributed by atoms with van der Waals surface area (Å²) in [5.41, 5.74) is 3.35. The van der Waals surface area contributed by atoms with Crippen molar-refractivity contribution in [3.8, 4) is 11.5 Å². The molecule has 0 aliphatic carbocycles. The van der Waals surface area contributed by atoms with E-state index in [1.807, 2.05) is 60.7 Å². The Labute approximate surface area is 159 Å². The van der Waals surface area contributed by atoms with Gasteiger partial charge >= 0.3 is 0 Å². The summed E-state index contributed by atoms with van der Waals surface area (Å²) in [6, 6.07) is 24.0. The number of ether oxygens (including phenoxy) is 2. The summed E-state index contributed by atoms with van der Waals surface area (Å²) < 4.78 is 11.4. The molecule has 0 aliphatic heterocycles. The van der Waals surface area contributed by atoms with Crippen LogP contribution in [-0.2, 0) is 19.7 Å². The van der Waals surface area contributed by atoms with E-state index in [4.69, 9.17) is 21.1 Å². The highest BCUT2D eigenvalue weighted by molar-refractivity contribution is 6.31. The fourth-order valence-electron chi connectivity index (χ4n) is 2.66. The molecule has 0 radical (unpaired) electrons. The van der Waals surface area contributed by atoms with Crippen LogP contribution in [0.3, 0.4) is 0 Å². The van der Waals surface area contributed by atoms with E-state index in [0.717, 1.165) is 30.0 Å². The minimum absolute atomic E-state index is 0.404. The summed E-state index contributed by atoms with van der Waals surface area (Å²) >= 11 is 6.18. The van der Waals surface area contributed by atoms with Crippen LogP contribution in [0.4, 0.5) is 0 Å². The lowest BCUT2D eigenvalue weighted by Gasteiger charge is -2.13. The molecule has 0 amide bonds. The Morgan fingerprint density at radius 1 is 0.808 bits per heavy atom. The number of hydrogen-bond donors (Lipinski definition) is 1. The van der Waals surface area contributed by atoms with Crippen LogP contribution in [0, 0.1) is 0 Å². The Morgan fingerprint density at radius 3 is 2.31 bits per heavy atom. The predicted octanol–water partition coefficient (Wildman–Crippen LogP) is 5.22. The molecule has 3 aromatic carbocycles. The summed E-state index contributed by atoms with van der Waals surface area (Å²) in [7, 11) is 1.65. The third-order valence-electron chi connectivity index (χ3n) is 4.07. The van der Waals surface area contributed by atoms with Crippen LogP contribution in [0.5, 0.6) is 11.5 Å². The van der Waals surface area contributed by atoms with Gasteiger partial charge < -0.3 is 14.8 Å². The minimum Gasteiger partial charge on any atom is -0.493 e. The van der Waals surface area contributed by atoms with Gasteiger partial charge in [0.05, 0.1) is 7.11 Å². The molecule has 0 saturated heterocycles. The maximum atomic E-state index is 6.18. The van der Waals surface area contributed by atoms with E-state index >= 15 is 0 Å². The first-order valence-corrected chi connectivity index (χ1v) is 8.92. The molecule has 134 valence electrons. The largest absolute Gasteiger partial charge is 0.493 e. The topological polar surface area (TPSA) is 30.5 Å². The lowest BCUT2D eigenvalue weighted by Crippen LogP contribution is -2.12. The average molecular weight is 368 g/mol. The van der Waals surface area contributed by atoms with Crippen LogP contribution < -0.4 is 14.8 Å². The normalized spacial score (nSPS) is 10.5. The van der Waals surface area contributed by atoms with Crippen molar-refractivity contribution in [3.05, 3.63) is 94.5 Å². The highest BCUT2D eigenvalue weighted by Gasteiger charge is 2.07. The number of hydrogen-bond acceptors (Lipinski definition) is 3. The lowest BCUT2D eigenvalue weighted by molar-refractivity contribution is 0.284. The SMILES string of the molecule is COc1cc(CNCc2ccccc2)ccc1OCc1ccccc1Cl. The van der Waals surface area contributed by atoms with Gasteiger partial charge in [-0.15, -0.1) is 0 Å². The maximum absolute atomic E-state index is 6.18. The van der Waals surface area contributed by atoms with Gasteiger partial charge in [0.2, 0.25) is 0 Å². The number of benzene rings is 3. The van der Waals surface area contributed by atoms with E-state index in [0.29, 0.717) is 17.4 Å². The van der Waals surface area contributed by atoms with Gasteiger partial charge in [-0.1, -0.05) is 66.2 Å². The molecule has 0 aliphatic rings. The molecule has 3 rings (SSSR count). The quantitative estimate of drug-likeness (QED) is 0.592. The maximum Gasteiger partial charge on any atom is 0.161 e. The van der Waals surface area contributed by atoms with E-state index in [1.165, 1.54) is 5.56 Å². The second-order valence-corrected chi connectivity index (χ2v) is 6.36. The van der Waals surface area contributed by atoms with Crippen LogP contribution in [0.25, 0.3) is 0 Å².